The molecule has 3 aromatic heterocycles. The smallest absolute Gasteiger partial charge is 0.270 e. The van der Waals surface area contributed by atoms with Crippen LogP contribution in [-0.4, -0.2) is 48.7 Å². The molecular weight excluding hydrogens is 480 g/mol. The molecular formula is C26H33F2N7O2. The van der Waals surface area contributed by atoms with Gasteiger partial charge in [0.2, 0.25) is 5.91 Å². The standard InChI is InChI=1S/C26H33F2N7O2/c1-3-34-21(8-9-30-34)25(37)33-23(18-6-4-16(2)5-7-18)20-14-35-22(32-20)11-17(13-31-35)10-19-12-26(27,28)15-29-24(19)36/h8-9,11,13-14,16,18-19,23H,3-7,10,12,15H2,1-2H3,(H,29,36)(H,33,37)/t16?,18?,19?,23-/m0/s1. The third-order valence-electron chi connectivity index (χ3n) is 7.70. The third kappa shape index (κ3) is 5.50. The van der Waals surface area contributed by atoms with Crippen LogP contribution in [-0.2, 0) is 17.8 Å². The SMILES string of the molecule is CCn1nccc1C(=O)N[C@H](c1cn2ncc(CC3CC(F)(F)CNC3=O)cc2n1)C1CCC(C)CC1. The number of alkyl halides is 2. The second kappa shape index (κ2) is 10.2. The predicted octanol–water partition coefficient (Wildman–Crippen LogP) is 3.56. The van der Waals surface area contributed by atoms with E-state index in [1.54, 1.807) is 33.7 Å². The maximum Gasteiger partial charge on any atom is 0.270 e. The Labute approximate surface area is 214 Å². The molecule has 5 rings (SSSR count). The molecule has 2 atom stereocenters. The Balaban J connectivity index is 1.40. The molecule has 1 aliphatic heterocycles. The number of fused-ring (bicyclic) bond motifs is 1. The summed E-state index contributed by atoms with van der Waals surface area (Å²) in [5.41, 5.74) is 2.43. The first-order chi connectivity index (χ1) is 17.7. The number of amides is 2. The average Bonchev–Trinajstić information content (AvgIpc) is 3.52. The van der Waals surface area contributed by atoms with Crippen LogP contribution in [0.1, 0.15) is 73.7 Å². The molecule has 4 heterocycles. The van der Waals surface area contributed by atoms with Gasteiger partial charge in [0, 0.05) is 25.1 Å². The van der Waals surface area contributed by atoms with Crippen molar-refractivity contribution in [1.82, 2.24) is 35.0 Å². The molecule has 37 heavy (non-hydrogen) atoms. The first kappa shape index (κ1) is 25.3. The van der Waals surface area contributed by atoms with Gasteiger partial charge in [0.05, 0.1) is 30.7 Å². The molecule has 11 heteroatoms. The first-order valence-corrected chi connectivity index (χ1v) is 13.0. The lowest BCUT2D eigenvalue weighted by Gasteiger charge is -2.32. The van der Waals surface area contributed by atoms with Gasteiger partial charge in [0.1, 0.15) is 5.69 Å². The Kier molecular flexibility index (Phi) is 6.96. The van der Waals surface area contributed by atoms with Crippen molar-refractivity contribution in [3.05, 3.63) is 47.7 Å². The summed E-state index contributed by atoms with van der Waals surface area (Å²) < 4.78 is 31.0. The van der Waals surface area contributed by atoms with Crippen molar-refractivity contribution in [3.8, 4) is 0 Å². The summed E-state index contributed by atoms with van der Waals surface area (Å²) in [5, 5.41) is 14.2. The van der Waals surface area contributed by atoms with Gasteiger partial charge in [-0.3, -0.25) is 14.3 Å². The maximum atomic E-state index is 13.8. The van der Waals surface area contributed by atoms with Crippen LogP contribution in [0.25, 0.3) is 5.65 Å². The van der Waals surface area contributed by atoms with E-state index in [4.69, 9.17) is 4.98 Å². The Morgan fingerprint density at radius 2 is 2.05 bits per heavy atom. The van der Waals surface area contributed by atoms with Gasteiger partial charge in [-0.2, -0.15) is 10.2 Å². The van der Waals surface area contributed by atoms with Crippen molar-refractivity contribution in [1.29, 1.82) is 0 Å². The van der Waals surface area contributed by atoms with E-state index in [9.17, 15) is 18.4 Å². The third-order valence-corrected chi connectivity index (χ3v) is 7.70. The molecule has 2 N–H and O–H groups in total. The highest BCUT2D eigenvalue weighted by molar-refractivity contribution is 5.92. The minimum Gasteiger partial charge on any atom is -0.350 e. The van der Waals surface area contributed by atoms with Crippen LogP contribution < -0.4 is 10.6 Å². The number of aromatic nitrogens is 5. The molecule has 3 aromatic rings. The van der Waals surface area contributed by atoms with E-state index in [0.717, 1.165) is 25.7 Å². The molecule has 0 spiro atoms. The van der Waals surface area contributed by atoms with Gasteiger partial charge in [-0.1, -0.05) is 19.8 Å². The number of piperidine rings is 1. The summed E-state index contributed by atoms with van der Waals surface area (Å²) in [6.07, 6.45) is 8.86. The zero-order valence-corrected chi connectivity index (χ0v) is 21.2. The zero-order valence-electron chi connectivity index (χ0n) is 21.2. The van der Waals surface area contributed by atoms with E-state index in [1.165, 1.54) is 0 Å². The lowest BCUT2D eigenvalue weighted by Crippen LogP contribution is -2.48. The van der Waals surface area contributed by atoms with Gasteiger partial charge in [-0.15, -0.1) is 0 Å². The Morgan fingerprint density at radius 1 is 1.27 bits per heavy atom. The lowest BCUT2D eigenvalue weighted by atomic mass is 9.78. The van der Waals surface area contributed by atoms with Crippen molar-refractivity contribution in [2.75, 3.05) is 6.54 Å². The highest BCUT2D eigenvalue weighted by Gasteiger charge is 2.40. The number of carbonyl (C=O) groups excluding carboxylic acids is 2. The summed E-state index contributed by atoms with van der Waals surface area (Å²) in [6, 6.07) is 3.19. The molecule has 2 aliphatic rings. The quantitative estimate of drug-likeness (QED) is 0.503. The summed E-state index contributed by atoms with van der Waals surface area (Å²) in [7, 11) is 0. The van der Waals surface area contributed by atoms with Gasteiger partial charge in [-0.05, 0) is 55.7 Å². The fraction of sp³-hybridized carbons (Fsp3) is 0.577. The second-order valence-corrected chi connectivity index (χ2v) is 10.5. The van der Waals surface area contributed by atoms with E-state index in [0.29, 0.717) is 35.1 Å². The molecule has 198 valence electrons. The zero-order chi connectivity index (χ0) is 26.2. The van der Waals surface area contributed by atoms with Crippen molar-refractivity contribution < 1.29 is 18.4 Å². The summed E-state index contributed by atoms with van der Waals surface area (Å²) >= 11 is 0. The molecule has 0 radical (unpaired) electrons. The van der Waals surface area contributed by atoms with Crippen molar-refractivity contribution in [3.63, 3.8) is 0 Å². The second-order valence-electron chi connectivity index (χ2n) is 10.5. The number of rotatable bonds is 7. The highest BCUT2D eigenvalue weighted by Crippen LogP contribution is 2.37. The molecule has 9 nitrogen and oxygen atoms in total. The number of aryl methyl sites for hydroxylation is 1. The van der Waals surface area contributed by atoms with Crippen LogP contribution >= 0.6 is 0 Å². The van der Waals surface area contributed by atoms with Crippen molar-refractivity contribution in [2.45, 2.75) is 70.9 Å². The van der Waals surface area contributed by atoms with E-state index in [2.05, 4.69) is 27.8 Å². The van der Waals surface area contributed by atoms with Crippen molar-refractivity contribution >= 4 is 17.5 Å². The molecule has 1 aliphatic carbocycles. The van der Waals surface area contributed by atoms with Gasteiger partial charge in [0.15, 0.2) is 5.65 Å². The number of hydrogen-bond acceptors (Lipinski definition) is 5. The minimum absolute atomic E-state index is 0.162. The Hall–Kier alpha value is -3.37. The van der Waals surface area contributed by atoms with Crippen LogP contribution in [0.5, 0.6) is 0 Å². The minimum atomic E-state index is -2.91. The Bertz CT molecular complexity index is 1280. The lowest BCUT2D eigenvalue weighted by molar-refractivity contribution is -0.136. The summed E-state index contributed by atoms with van der Waals surface area (Å²) in [5.74, 6) is -3.40. The van der Waals surface area contributed by atoms with Crippen LogP contribution in [0.2, 0.25) is 0 Å². The molecule has 2 amide bonds. The van der Waals surface area contributed by atoms with Crippen LogP contribution in [0.3, 0.4) is 0 Å². The largest absolute Gasteiger partial charge is 0.350 e. The topological polar surface area (TPSA) is 106 Å². The Morgan fingerprint density at radius 3 is 2.81 bits per heavy atom. The monoisotopic (exact) mass is 513 g/mol. The summed E-state index contributed by atoms with van der Waals surface area (Å²) in [6.45, 7) is 4.17. The number of nitrogens with zero attached hydrogens (tertiary/aromatic N) is 5. The van der Waals surface area contributed by atoms with E-state index in [-0.39, 0.29) is 30.2 Å². The van der Waals surface area contributed by atoms with E-state index < -0.39 is 24.8 Å². The molecule has 1 saturated heterocycles. The normalized spacial score (nSPS) is 24.5. The predicted molar refractivity (Wildman–Crippen MR) is 132 cm³/mol. The van der Waals surface area contributed by atoms with Gasteiger partial charge in [0.25, 0.3) is 11.8 Å². The number of imidazole rings is 1. The molecule has 0 aromatic carbocycles. The van der Waals surface area contributed by atoms with Crippen molar-refractivity contribution in [2.24, 2.45) is 17.8 Å². The number of halogens is 2. The van der Waals surface area contributed by atoms with Gasteiger partial charge >= 0.3 is 0 Å². The first-order valence-electron chi connectivity index (χ1n) is 13.0. The van der Waals surface area contributed by atoms with E-state index in [1.807, 2.05) is 13.1 Å². The molecule has 1 saturated carbocycles. The number of carbonyl (C=O) groups is 2. The summed E-state index contributed by atoms with van der Waals surface area (Å²) in [4.78, 5) is 30.2. The van der Waals surface area contributed by atoms with E-state index >= 15 is 0 Å². The highest BCUT2D eigenvalue weighted by atomic mass is 19.3. The van der Waals surface area contributed by atoms with Gasteiger partial charge < -0.3 is 10.6 Å². The number of hydrogen-bond donors (Lipinski definition) is 2. The molecule has 1 unspecified atom stereocenters. The van der Waals surface area contributed by atoms with Crippen LogP contribution in [0.15, 0.2) is 30.7 Å². The maximum absolute atomic E-state index is 13.8. The molecule has 0 bridgehead atoms. The fourth-order valence-corrected chi connectivity index (χ4v) is 5.58. The number of nitrogens with one attached hydrogen (secondary N) is 2. The average molecular weight is 514 g/mol. The van der Waals surface area contributed by atoms with Gasteiger partial charge in [-0.25, -0.2) is 18.3 Å². The van der Waals surface area contributed by atoms with Crippen LogP contribution in [0.4, 0.5) is 8.78 Å². The fourth-order valence-electron chi connectivity index (χ4n) is 5.58. The molecule has 2 fully saturated rings. The van der Waals surface area contributed by atoms with Crippen LogP contribution in [0, 0.1) is 17.8 Å².